The second-order valence-corrected chi connectivity index (χ2v) is 12.6. The van der Waals surface area contributed by atoms with Crippen LogP contribution in [0.5, 0.6) is 0 Å². The van der Waals surface area contributed by atoms with E-state index < -0.39 is 0 Å². The Morgan fingerprint density at radius 2 is 1.39 bits per heavy atom. The Bertz CT molecular complexity index is 1720. The Balaban J connectivity index is 0.000000147. The first kappa shape index (κ1) is 30.3. The monoisotopic (exact) mass is 622 g/mol. The number of aryl methyl sites for hydroxylation is 2. The maximum absolute atomic E-state index is 13.8. The molecule has 2 aliphatic heterocycles. The lowest BCUT2D eigenvalue weighted by molar-refractivity contribution is 0.582. The standard InChI is InChI=1S/C18H23N5.C17H20FN5/c1-20-13-9-10-23(11-13)17-15-8-4-6-12-5-2-3-7-14(12)16(15)21-18(19)22-17;18-12-5-4-11-2-1-3-13-15(14(11)10-12)21-17(19)22-16(13)23-8-6-20-7-9-23/h2-3,5,7,13,20H,4,6,8-11H2,1H3,(H2,19,21,22);4-5,10,20H,1-3,6-9H2,(H2,19,21,22)/t13-;/m0./s1. The first-order valence-electron chi connectivity index (χ1n) is 16.6. The highest BCUT2D eigenvalue weighted by atomic mass is 19.1. The molecule has 2 saturated heterocycles. The highest BCUT2D eigenvalue weighted by Gasteiger charge is 2.28. The van der Waals surface area contributed by atoms with Crippen molar-refractivity contribution in [1.82, 2.24) is 30.6 Å². The van der Waals surface area contributed by atoms with Crippen LogP contribution >= 0.6 is 0 Å². The summed E-state index contributed by atoms with van der Waals surface area (Å²) in [5.41, 5.74) is 20.8. The van der Waals surface area contributed by atoms with Crippen LogP contribution in [0.3, 0.4) is 0 Å². The molecule has 11 heteroatoms. The highest BCUT2D eigenvalue weighted by molar-refractivity contribution is 5.75. The first-order chi connectivity index (χ1) is 22.5. The maximum Gasteiger partial charge on any atom is 0.222 e. The average molecular weight is 623 g/mol. The van der Waals surface area contributed by atoms with Crippen molar-refractivity contribution in [3.63, 3.8) is 0 Å². The van der Waals surface area contributed by atoms with Crippen molar-refractivity contribution in [2.45, 2.75) is 51.0 Å². The number of likely N-dealkylation sites (N-methyl/N-ethyl adjacent to an activating group) is 1. The van der Waals surface area contributed by atoms with E-state index in [-0.39, 0.29) is 11.8 Å². The van der Waals surface area contributed by atoms with E-state index >= 15 is 0 Å². The lowest BCUT2D eigenvalue weighted by atomic mass is 10.0. The van der Waals surface area contributed by atoms with Gasteiger partial charge in [0.25, 0.3) is 0 Å². The molecule has 0 bridgehead atoms. The minimum Gasteiger partial charge on any atom is -0.368 e. The van der Waals surface area contributed by atoms with E-state index in [1.54, 1.807) is 6.07 Å². The molecule has 4 heterocycles. The van der Waals surface area contributed by atoms with Crippen LogP contribution in [0, 0.1) is 5.82 Å². The number of aromatic nitrogens is 4. The molecule has 0 spiro atoms. The zero-order valence-corrected chi connectivity index (χ0v) is 26.5. The minimum absolute atomic E-state index is 0.238. The number of nitrogens with zero attached hydrogens (tertiary/aromatic N) is 6. The molecule has 46 heavy (non-hydrogen) atoms. The number of rotatable bonds is 3. The molecule has 0 amide bonds. The van der Waals surface area contributed by atoms with Crippen molar-refractivity contribution in [3.8, 4) is 22.5 Å². The van der Waals surface area contributed by atoms with Gasteiger partial charge in [-0.1, -0.05) is 30.3 Å². The van der Waals surface area contributed by atoms with Crippen molar-refractivity contribution in [2.24, 2.45) is 0 Å². The van der Waals surface area contributed by atoms with Crippen LogP contribution in [-0.2, 0) is 25.7 Å². The molecule has 6 N–H and O–H groups in total. The molecule has 2 aliphatic carbocycles. The van der Waals surface area contributed by atoms with Crippen molar-refractivity contribution < 1.29 is 4.39 Å². The summed E-state index contributed by atoms with van der Waals surface area (Å²) in [5, 5.41) is 6.72. The fourth-order valence-electron chi connectivity index (χ4n) is 7.34. The third-order valence-corrected chi connectivity index (χ3v) is 9.66. The van der Waals surface area contributed by atoms with Gasteiger partial charge in [-0.2, -0.15) is 9.97 Å². The summed E-state index contributed by atoms with van der Waals surface area (Å²) in [4.78, 5) is 22.8. The molecule has 4 aromatic rings. The highest BCUT2D eigenvalue weighted by Crippen LogP contribution is 2.38. The second-order valence-electron chi connectivity index (χ2n) is 12.6. The van der Waals surface area contributed by atoms with Crippen molar-refractivity contribution in [2.75, 3.05) is 67.6 Å². The fraction of sp³-hybridized carbons (Fsp3) is 0.429. The van der Waals surface area contributed by atoms with Gasteiger partial charge in [0.2, 0.25) is 11.9 Å². The Kier molecular flexibility index (Phi) is 8.68. The van der Waals surface area contributed by atoms with Crippen molar-refractivity contribution >= 4 is 23.5 Å². The Labute approximate surface area is 269 Å². The topological polar surface area (TPSA) is 134 Å². The van der Waals surface area contributed by atoms with E-state index in [0.29, 0.717) is 12.0 Å². The lowest BCUT2D eigenvalue weighted by Gasteiger charge is -2.30. The molecule has 2 aromatic carbocycles. The van der Waals surface area contributed by atoms with Gasteiger partial charge in [-0.25, -0.2) is 14.4 Å². The van der Waals surface area contributed by atoms with Crippen LogP contribution in [0.2, 0.25) is 0 Å². The lowest BCUT2D eigenvalue weighted by Crippen LogP contribution is -2.44. The number of hydrogen-bond acceptors (Lipinski definition) is 10. The summed E-state index contributed by atoms with van der Waals surface area (Å²) in [6.45, 7) is 5.68. The largest absolute Gasteiger partial charge is 0.368 e. The number of nitrogens with two attached hydrogens (primary N) is 2. The molecular weight excluding hydrogens is 579 g/mol. The number of hydrogen-bond donors (Lipinski definition) is 4. The number of anilines is 4. The minimum atomic E-state index is -0.238. The number of halogens is 1. The molecule has 0 saturated carbocycles. The van der Waals surface area contributed by atoms with Crippen LogP contribution in [0.15, 0.2) is 42.5 Å². The quantitative estimate of drug-likeness (QED) is 0.268. The van der Waals surface area contributed by atoms with E-state index in [4.69, 9.17) is 11.5 Å². The number of piperazine rings is 1. The van der Waals surface area contributed by atoms with E-state index in [2.05, 4.69) is 64.6 Å². The van der Waals surface area contributed by atoms with Gasteiger partial charge < -0.3 is 31.9 Å². The van der Waals surface area contributed by atoms with Crippen molar-refractivity contribution in [3.05, 3.63) is 70.5 Å². The molecule has 0 unspecified atom stereocenters. The Morgan fingerprint density at radius 3 is 2.07 bits per heavy atom. The van der Waals surface area contributed by atoms with Gasteiger partial charge >= 0.3 is 0 Å². The van der Waals surface area contributed by atoms with E-state index in [1.807, 2.05) is 13.1 Å². The summed E-state index contributed by atoms with van der Waals surface area (Å²) in [5.74, 6) is 2.36. The first-order valence-corrected chi connectivity index (χ1v) is 16.6. The SMILES string of the molecule is CN[C@H]1CCN(c2nc(N)nc3c2CCCc2ccccc2-3)C1.Nc1nc2c(c(N3CCNCC3)n1)CCCc1ccc(F)cc1-2. The number of benzene rings is 2. The number of nitrogen functional groups attached to an aromatic ring is 2. The number of fused-ring (bicyclic) bond motifs is 6. The summed E-state index contributed by atoms with van der Waals surface area (Å²) >= 11 is 0. The molecule has 240 valence electrons. The zero-order chi connectivity index (χ0) is 31.6. The van der Waals surface area contributed by atoms with Gasteiger partial charge in [0.05, 0.1) is 11.4 Å². The van der Waals surface area contributed by atoms with Crippen molar-refractivity contribution in [1.29, 1.82) is 0 Å². The van der Waals surface area contributed by atoms with Crippen LogP contribution in [-0.4, -0.2) is 72.3 Å². The zero-order valence-electron chi connectivity index (χ0n) is 26.5. The summed E-state index contributed by atoms with van der Waals surface area (Å²) < 4.78 is 13.8. The summed E-state index contributed by atoms with van der Waals surface area (Å²) in [6.07, 6.45) is 7.21. The summed E-state index contributed by atoms with van der Waals surface area (Å²) in [6, 6.07) is 14.0. The second kappa shape index (κ2) is 13.2. The van der Waals surface area contributed by atoms with Crippen LogP contribution in [0.25, 0.3) is 22.5 Å². The molecule has 4 aliphatic rings. The molecule has 10 nitrogen and oxygen atoms in total. The van der Waals surface area contributed by atoms with E-state index in [1.165, 1.54) is 22.8 Å². The van der Waals surface area contributed by atoms with Gasteiger partial charge in [-0.05, 0) is 75.3 Å². The third-order valence-electron chi connectivity index (χ3n) is 9.66. The predicted molar refractivity (Wildman–Crippen MR) is 183 cm³/mol. The molecule has 8 rings (SSSR count). The average Bonchev–Trinajstić information content (AvgIpc) is 3.39. The molecule has 1 atom stereocenters. The fourth-order valence-corrected chi connectivity index (χ4v) is 7.34. The van der Waals surface area contributed by atoms with Gasteiger partial charge in [-0.3, -0.25) is 0 Å². The van der Waals surface area contributed by atoms with Crippen LogP contribution in [0.1, 0.15) is 41.5 Å². The summed E-state index contributed by atoms with van der Waals surface area (Å²) in [7, 11) is 2.03. The van der Waals surface area contributed by atoms with Gasteiger partial charge in [0.1, 0.15) is 17.5 Å². The van der Waals surface area contributed by atoms with E-state index in [9.17, 15) is 4.39 Å². The van der Waals surface area contributed by atoms with Gasteiger partial charge in [0, 0.05) is 67.6 Å². The molecule has 0 radical (unpaired) electrons. The third kappa shape index (κ3) is 6.09. The normalized spacial score (nSPS) is 18.7. The molecular formula is C35H43FN10. The number of nitrogens with one attached hydrogen (secondary N) is 2. The van der Waals surface area contributed by atoms with Gasteiger partial charge in [-0.15, -0.1) is 0 Å². The Hall–Kier alpha value is -4.35. The van der Waals surface area contributed by atoms with Crippen LogP contribution < -0.4 is 31.9 Å². The van der Waals surface area contributed by atoms with Gasteiger partial charge in [0.15, 0.2) is 0 Å². The maximum atomic E-state index is 13.8. The molecule has 2 fully saturated rings. The Morgan fingerprint density at radius 1 is 0.761 bits per heavy atom. The van der Waals surface area contributed by atoms with E-state index in [0.717, 1.165) is 124 Å². The smallest absolute Gasteiger partial charge is 0.222 e. The molecule has 2 aromatic heterocycles. The predicted octanol–water partition coefficient (Wildman–Crippen LogP) is 3.78. The van der Waals surface area contributed by atoms with Crippen LogP contribution in [0.4, 0.5) is 27.9 Å².